The molecule has 2 aliphatic rings. The summed E-state index contributed by atoms with van der Waals surface area (Å²) in [5.41, 5.74) is 1.84. The lowest BCUT2D eigenvalue weighted by atomic mass is 10.0. The molecule has 0 unspecified atom stereocenters. The Morgan fingerprint density at radius 1 is 1.14 bits per heavy atom. The highest BCUT2D eigenvalue weighted by molar-refractivity contribution is 8.00. The van der Waals surface area contributed by atoms with Gasteiger partial charge in [-0.3, -0.25) is 4.90 Å². The fraction of sp³-hybridized carbons (Fsp3) is 0.278. The fourth-order valence-electron chi connectivity index (χ4n) is 3.25. The Morgan fingerprint density at radius 3 is 2.68 bits per heavy atom. The average Bonchev–Trinajstić information content (AvgIpc) is 2.80. The Kier molecular flexibility index (Phi) is 3.15. The van der Waals surface area contributed by atoms with Crippen LogP contribution in [0.1, 0.15) is 25.8 Å². The maximum atomic E-state index is 5.92. The van der Waals surface area contributed by atoms with Gasteiger partial charge in [-0.1, -0.05) is 54.5 Å². The van der Waals surface area contributed by atoms with E-state index < -0.39 is 5.72 Å². The van der Waals surface area contributed by atoms with Crippen LogP contribution in [0.25, 0.3) is 0 Å². The molecule has 22 heavy (non-hydrogen) atoms. The Balaban J connectivity index is 1.87. The van der Waals surface area contributed by atoms with Crippen molar-refractivity contribution in [3.63, 3.8) is 0 Å². The number of para-hydroxylation sites is 1. The maximum absolute atomic E-state index is 5.92. The van der Waals surface area contributed by atoms with E-state index in [1.54, 1.807) is 0 Å². The Morgan fingerprint density at radius 2 is 1.86 bits per heavy atom. The van der Waals surface area contributed by atoms with Crippen molar-refractivity contribution >= 4 is 23.3 Å². The van der Waals surface area contributed by atoms with Crippen LogP contribution in [0.15, 0.2) is 64.6 Å². The normalized spacial score (nSPS) is 26.5. The van der Waals surface area contributed by atoms with Crippen molar-refractivity contribution < 1.29 is 4.84 Å². The van der Waals surface area contributed by atoms with Crippen LogP contribution >= 0.6 is 11.8 Å². The van der Waals surface area contributed by atoms with Crippen LogP contribution in [0.5, 0.6) is 0 Å². The zero-order chi connectivity index (χ0) is 15.2. The molecule has 2 heterocycles. The number of anilines is 1. The molecule has 0 radical (unpaired) electrons. The van der Waals surface area contributed by atoms with Gasteiger partial charge in [0.2, 0.25) is 5.72 Å². The van der Waals surface area contributed by atoms with Gasteiger partial charge in [0, 0.05) is 22.1 Å². The van der Waals surface area contributed by atoms with Gasteiger partial charge in [-0.15, -0.1) is 11.8 Å². The topological polar surface area (TPSA) is 24.8 Å². The lowest BCUT2D eigenvalue weighted by Gasteiger charge is -2.33. The predicted octanol–water partition coefficient (Wildman–Crippen LogP) is 4.49. The average molecular weight is 310 g/mol. The van der Waals surface area contributed by atoms with Crippen molar-refractivity contribution in [2.45, 2.75) is 36.1 Å². The third kappa shape index (κ3) is 2.10. The molecule has 2 aromatic rings. The molecular weight excluding hydrogens is 292 g/mol. The van der Waals surface area contributed by atoms with Crippen molar-refractivity contribution in [3.05, 3.63) is 60.2 Å². The van der Waals surface area contributed by atoms with Gasteiger partial charge < -0.3 is 4.84 Å². The van der Waals surface area contributed by atoms with Gasteiger partial charge in [0.05, 0.1) is 5.69 Å². The number of oxime groups is 1. The van der Waals surface area contributed by atoms with Gasteiger partial charge in [-0.05, 0) is 19.1 Å². The first-order chi connectivity index (χ1) is 10.7. The highest BCUT2D eigenvalue weighted by atomic mass is 32.2. The van der Waals surface area contributed by atoms with E-state index in [1.807, 2.05) is 30.0 Å². The number of benzene rings is 2. The summed E-state index contributed by atoms with van der Waals surface area (Å²) in [6.45, 7) is 4.38. The van der Waals surface area contributed by atoms with E-state index in [0.717, 1.165) is 17.8 Å². The number of rotatable bonds is 1. The number of nitrogens with zero attached hydrogens (tertiary/aromatic N) is 2. The lowest BCUT2D eigenvalue weighted by Crippen LogP contribution is -2.47. The second-order valence-corrected chi connectivity index (χ2v) is 7.46. The number of thioether (sulfide) groups is 1. The molecule has 0 saturated carbocycles. The summed E-state index contributed by atoms with van der Waals surface area (Å²) < 4.78 is 0. The molecule has 3 nitrogen and oxygen atoms in total. The van der Waals surface area contributed by atoms with Crippen LogP contribution in [0.2, 0.25) is 0 Å². The van der Waals surface area contributed by atoms with E-state index in [4.69, 9.17) is 4.84 Å². The summed E-state index contributed by atoms with van der Waals surface area (Å²) in [5, 5.41) is 4.90. The molecule has 0 aromatic heterocycles. The van der Waals surface area contributed by atoms with Crippen LogP contribution in [-0.4, -0.2) is 16.8 Å². The van der Waals surface area contributed by atoms with E-state index in [-0.39, 0.29) is 0 Å². The molecule has 4 heteroatoms. The predicted molar refractivity (Wildman–Crippen MR) is 91.3 cm³/mol. The third-order valence-corrected chi connectivity index (χ3v) is 5.31. The summed E-state index contributed by atoms with van der Waals surface area (Å²) in [6.07, 6.45) is 0.923. The second-order valence-electron chi connectivity index (χ2n) is 5.98. The fourth-order valence-corrected chi connectivity index (χ4v) is 4.51. The van der Waals surface area contributed by atoms with E-state index in [0.29, 0.717) is 5.25 Å². The molecule has 0 spiro atoms. The van der Waals surface area contributed by atoms with Crippen LogP contribution in [-0.2, 0) is 4.84 Å². The number of hydrogen-bond acceptors (Lipinski definition) is 4. The van der Waals surface area contributed by atoms with Crippen molar-refractivity contribution in [1.82, 2.24) is 0 Å². The first-order valence-electron chi connectivity index (χ1n) is 7.55. The van der Waals surface area contributed by atoms with Crippen molar-refractivity contribution in [1.29, 1.82) is 0 Å². The minimum atomic E-state index is -0.426. The van der Waals surface area contributed by atoms with E-state index >= 15 is 0 Å². The van der Waals surface area contributed by atoms with Crippen LogP contribution in [0.3, 0.4) is 0 Å². The quantitative estimate of drug-likeness (QED) is 0.776. The Labute approximate surface area is 135 Å². The molecule has 0 aliphatic carbocycles. The largest absolute Gasteiger partial charge is 0.365 e. The number of hydrogen-bond donors (Lipinski definition) is 0. The summed E-state index contributed by atoms with van der Waals surface area (Å²) in [7, 11) is 0. The number of amidine groups is 1. The number of fused-ring (bicyclic) bond motifs is 3. The summed E-state index contributed by atoms with van der Waals surface area (Å²) in [5.74, 6) is 0.894. The van der Waals surface area contributed by atoms with Crippen molar-refractivity contribution in [2.24, 2.45) is 5.16 Å². The molecule has 0 N–H and O–H groups in total. The summed E-state index contributed by atoms with van der Waals surface area (Å²) in [4.78, 5) is 9.46. The van der Waals surface area contributed by atoms with Crippen LogP contribution < -0.4 is 4.90 Å². The van der Waals surface area contributed by atoms with Gasteiger partial charge >= 0.3 is 0 Å². The second kappa shape index (κ2) is 5.06. The minimum Gasteiger partial charge on any atom is -0.365 e. The van der Waals surface area contributed by atoms with Gasteiger partial charge in [-0.25, -0.2) is 0 Å². The van der Waals surface area contributed by atoms with Crippen molar-refractivity contribution in [2.75, 3.05) is 4.90 Å². The van der Waals surface area contributed by atoms with Crippen LogP contribution in [0, 0.1) is 0 Å². The molecule has 4 rings (SSSR count). The first kappa shape index (κ1) is 13.7. The van der Waals surface area contributed by atoms with Gasteiger partial charge in [0.25, 0.3) is 0 Å². The SMILES string of the molecule is C[C@@H]1C[C@]2(C)ON=C(c3ccccc3)N2c2ccccc2S1. The molecular formula is C18H18N2OS. The molecule has 2 aliphatic heterocycles. The standard InChI is InChI=1S/C18H18N2OS/c1-13-12-18(2)20(15-10-6-7-11-16(15)22-13)17(19-21-18)14-8-4-3-5-9-14/h3-11,13H,12H2,1-2H3/t13-,18+/m1/s1. The third-order valence-electron chi connectivity index (χ3n) is 4.15. The molecule has 2 atom stereocenters. The molecule has 2 aromatic carbocycles. The Bertz CT molecular complexity index is 731. The Hall–Kier alpha value is -1.94. The highest BCUT2D eigenvalue weighted by Crippen LogP contribution is 2.46. The molecule has 0 saturated heterocycles. The maximum Gasteiger partial charge on any atom is 0.213 e. The highest BCUT2D eigenvalue weighted by Gasteiger charge is 2.47. The van der Waals surface area contributed by atoms with E-state index in [9.17, 15) is 0 Å². The molecule has 0 bridgehead atoms. The summed E-state index contributed by atoms with van der Waals surface area (Å²) >= 11 is 1.91. The van der Waals surface area contributed by atoms with Gasteiger partial charge in [-0.2, -0.15) is 0 Å². The summed E-state index contributed by atoms with van der Waals surface area (Å²) in [6, 6.07) is 18.8. The van der Waals surface area contributed by atoms with Gasteiger partial charge in [0.15, 0.2) is 5.84 Å². The molecule has 0 amide bonds. The molecule has 112 valence electrons. The lowest BCUT2D eigenvalue weighted by molar-refractivity contribution is -0.00725. The zero-order valence-corrected chi connectivity index (χ0v) is 13.5. The van der Waals surface area contributed by atoms with Crippen molar-refractivity contribution in [3.8, 4) is 0 Å². The minimum absolute atomic E-state index is 0.426. The van der Waals surface area contributed by atoms with E-state index in [1.165, 1.54) is 10.6 Å². The van der Waals surface area contributed by atoms with Crippen LogP contribution in [0.4, 0.5) is 5.69 Å². The first-order valence-corrected chi connectivity index (χ1v) is 8.43. The van der Waals surface area contributed by atoms with Gasteiger partial charge in [0.1, 0.15) is 0 Å². The zero-order valence-electron chi connectivity index (χ0n) is 12.7. The smallest absolute Gasteiger partial charge is 0.213 e. The van der Waals surface area contributed by atoms with E-state index in [2.05, 4.69) is 60.3 Å². The monoisotopic (exact) mass is 310 g/mol. The molecule has 0 fully saturated rings.